The maximum absolute atomic E-state index is 12.6. The van der Waals surface area contributed by atoms with E-state index in [9.17, 15) is 4.79 Å². The van der Waals surface area contributed by atoms with Crippen molar-refractivity contribution in [1.29, 1.82) is 0 Å². The summed E-state index contributed by atoms with van der Waals surface area (Å²) < 4.78 is 6.13. The van der Waals surface area contributed by atoms with Gasteiger partial charge in [0, 0.05) is 55.5 Å². The van der Waals surface area contributed by atoms with Crippen LogP contribution in [0.1, 0.15) is 45.6 Å². The molecule has 0 saturated carbocycles. The molecule has 4 aromatic rings. The number of nitrogens with one attached hydrogen (secondary N) is 2. The summed E-state index contributed by atoms with van der Waals surface area (Å²) in [6, 6.07) is 26.2. The lowest BCUT2D eigenvalue weighted by molar-refractivity contribution is 0.0813. The first-order valence-electron chi connectivity index (χ1n) is 14.2. The molecular weight excluding hydrogens is 508 g/mol. The third kappa shape index (κ3) is 6.11. The maximum atomic E-state index is 12.6. The van der Waals surface area contributed by atoms with Crippen LogP contribution in [-0.2, 0) is 0 Å². The number of rotatable bonds is 5. The molecule has 6 heteroatoms. The number of fused-ring (bicyclic) bond motifs is 1. The molecule has 0 radical (unpaired) electrons. The number of hydrogen-bond acceptors (Lipinski definition) is 5. The van der Waals surface area contributed by atoms with Crippen molar-refractivity contribution >= 4 is 11.6 Å². The zero-order valence-electron chi connectivity index (χ0n) is 23.5. The zero-order valence-corrected chi connectivity index (χ0v) is 23.5. The monoisotopic (exact) mass is 542 g/mol. The Labute approximate surface area is 241 Å². The molecule has 1 aromatic heterocycles. The van der Waals surface area contributed by atoms with Gasteiger partial charge in [0.2, 0.25) is 0 Å². The van der Waals surface area contributed by atoms with E-state index in [1.807, 2.05) is 48.7 Å². The van der Waals surface area contributed by atoms with Crippen LogP contribution < -0.4 is 15.4 Å². The van der Waals surface area contributed by atoms with E-state index in [1.165, 1.54) is 5.56 Å². The molecule has 0 unspecified atom stereocenters. The summed E-state index contributed by atoms with van der Waals surface area (Å²) in [4.78, 5) is 19.5. The van der Waals surface area contributed by atoms with E-state index >= 15 is 0 Å². The molecule has 6 nitrogen and oxygen atoms in total. The fourth-order valence-electron chi connectivity index (χ4n) is 5.47. The largest absolute Gasteiger partial charge is 0.492 e. The van der Waals surface area contributed by atoms with Gasteiger partial charge in [0.15, 0.2) is 0 Å². The third-order valence-electron chi connectivity index (χ3n) is 7.93. The molecule has 1 saturated heterocycles. The van der Waals surface area contributed by atoms with E-state index in [4.69, 9.17) is 4.74 Å². The number of piperidine rings is 1. The predicted molar refractivity (Wildman–Crippen MR) is 163 cm³/mol. The molecule has 3 heterocycles. The predicted octanol–water partition coefficient (Wildman–Crippen LogP) is 5.79. The molecule has 0 bridgehead atoms. The molecule has 2 aliphatic rings. The Balaban J connectivity index is 0.990. The number of benzene rings is 3. The van der Waals surface area contributed by atoms with Gasteiger partial charge < -0.3 is 15.4 Å². The van der Waals surface area contributed by atoms with E-state index in [2.05, 4.69) is 82.6 Å². The molecule has 1 spiro atoms. The number of para-hydroxylation sites is 1. The van der Waals surface area contributed by atoms with Gasteiger partial charge in [-0.1, -0.05) is 53.9 Å². The van der Waals surface area contributed by atoms with Gasteiger partial charge >= 0.3 is 0 Å². The SMILES string of the molecule is Cc1ccc(-c2ccc(C#Cc3ccc(OCCN4CCC5(CC4)NC(=O)c4ccccc4N5)c(C)c3)nc2)cc1. The van der Waals surface area contributed by atoms with Crippen LogP contribution in [0.25, 0.3) is 11.1 Å². The number of likely N-dealkylation sites (tertiary alicyclic amines) is 1. The maximum Gasteiger partial charge on any atom is 0.255 e. The van der Waals surface area contributed by atoms with E-state index < -0.39 is 0 Å². The van der Waals surface area contributed by atoms with E-state index in [1.54, 1.807) is 0 Å². The van der Waals surface area contributed by atoms with Crippen LogP contribution in [0.5, 0.6) is 5.75 Å². The molecule has 3 aromatic carbocycles. The number of aromatic nitrogens is 1. The lowest BCUT2D eigenvalue weighted by atomic mass is 9.92. The highest BCUT2D eigenvalue weighted by molar-refractivity contribution is 6.02. The van der Waals surface area contributed by atoms with Crippen LogP contribution in [0, 0.1) is 25.7 Å². The van der Waals surface area contributed by atoms with Crippen LogP contribution in [-0.4, -0.2) is 47.7 Å². The first-order valence-corrected chi connectivity index (χ1v) is 14.2. The molecule has 206 valence electrons. The molecule has 6 rings (SSSR count). The van der Waals surface area contributed by atoms with Gasteiger partial charge in [-0.05, 0) is 67.3 Å². The lowest BCUT2D eigenvalue weighted by Gasteiger charge is -2.45. The van der Waals surface area contributed by atoms with Gasteiger partial charge in [-0.25, -0.2) is 4.98 Å². The number of carbonyl (C=O) groups is 1. The topological polar surface area (TPSA) is 66.5 Å². The zero-order chi connectivity index (χ0) is 28.2. The van der Waals surface area contributed by atoms with Crippen molar-refractivity contribution in [3.63, 3.8) is 0 Å². The average Bonchev–Trinajstić information content (AvgIpc) is 2.99. The molecule has 41 heavy (non-hydrogen) atoms. The van der Waals surface area contributed by atoms with Gasteiger partial charge in [0.25, 0.3) is 5.91 Å². The van der Waals surface area contributed by atoms with E-state index in [-0.39, 0.29) is 11.6 Å². The number of carbonyl (C=O) groups excluding carboxylic acids is 1. The number of anilines is 1. The normalized spacial score (nSPS) is 15.7. The Bertz CT molecular complexity index is 1610. The second-order valence-electron chi connectivity index (χ2n) is 10.9. The van der Waals surface area contributed by atoms with Crippen LogP contribution >= 0.6 is 0 Å². The smallest absolute Gasteiger partial charge is 0.255 e. The summed E-state index contributed by atoms with van der Waals surface area (Å²) in [6.45, 7) is 7.38. The van der Waals surface area contributed by atoms with Crippen molar-refractivity contribution in [2.45, 2.75) is 32.4 Å². The number of hydrogen-bond donors (Lipinski definition) is 2. The van der Waals surface area contributed by atoms with E-state index in [0.717, 1.165) is 71.9 Å². The summed E-state index contributed by atoms with van der Waals surface area (Å²) in [7, 11) is 0. The molecule has 1 amide bonds. The highest BCUT2D eigenvalue weighted by Crippen LogP contribution is 2.31. The van der Waals surface area contributed by atoms with Crippen LogP contribution in [0.2, 0.25) is 0 Å². The van der Waals surface area contributed by atoms with Gasteiger partial charge in [0.05, 0.1) is 5.56 Å². The molecule has 2 N–H and O–H groups in total. The van der Waals surface area contributed by atoms with Crippen LogP contribution in [0.3, 0.4) is 0 Å². The summed E-state index contributed by atoms with van der Waals surface area (Å²) in [5.41, 5.74) is 7.49. The molecule has 2 aliphatic heterocycles. The number of amides is 1. The fraction of sp³-hybridized carbons (Fsp3) is 0.257. The number of ether oxygens (including phenoxy) is 1. The Morgan fingerprint density at radius 1 is 0.902 bits per heavy atom. The average molecular weight is 543 g/mol. The van der Waals surface area contributed by atoms with Crippen molar-refractivity contribution in [2.24, 2.45) is 0 Å². The second-order valence-corrected chi connectivity index (χ2v) is 10.9. The minimum absolute atomic E-state index is 0.00651. The highest BCUT2D eigenvalue weighted by Gasteiger charge is 2.39. The van der Waals surface area contributed by atoms with Crippen LogP contribution in [0.4, 0.5) is 5.69 Å². The number of pyridine rings is 1. The summed E-state index contributed by atoms with van der Waals surface area (Å²) in [5, 5.41) is 6.80. The first-order chi connectivity index (χ1) is 20.0. The minimum atomic E-state index is -0.366. The van der Waals surface area contributed by atoms with Crippen molar-refractivity contribution in [2.75, 3.05) is 31.6 Å². The lowest BCUT2D eigenvalue weighted by Crippen LogP contribution is -2.62. The van der Waals surface area contributed by atoms with E-state index in [0.29, 0.717) is 12.2 Å². The summed E-state index contributed by atoms with van der Waals surface area (Å²) >= 11 is 0. The Morgan fingerprint density at radius 2 is 1.68 bits per heavy atom. The second kappa shape index (κ2) is 11.5. The molecule has 0 aliphatic carbocycles. The van der Waals surface area contributed by atoms with Crippen molar-refractivity contribution in [1.82, 2.24) is 15.2 Å². The first kappa shape index (κ1) is 26.6. The van der Waals surface area contributed by atoms with Crippen LogP contribution in [0.15, 0.2) is 85.1 Å². The van der Waals surface area contributed by atoms with Gasteiger partial charge in [-0.2, -0.15) is 0 Å². The van der Waals surface area contributed by atoms with Crippen molar-refractivity contribution in [3.05, 3.63) is 113 Å². The Kier molecular flexibility index (Phi) is 7.45. The minimum Gasteiger partial charge on any atom is -0.492 e. The summed E-state index contributed by atoms with van der Waals surface area (Å²) in [6.07, 6.45) is 3.58. The van der Waals surface area contributed by atoms with Crippen molar-refractivity contribution in [3.8, 4) is 28.7 Å². The standard InChI is InChI=1S/C35H34N4O2/c1-25-7-11-28(12-8-25)29-13-15-30(36-24-29)14-9-27-10-16-33(26(2)23-27)41-22-21-39-19-17-35(18-20-39)37-32-6-4-3-5-31(32)34(40)38-35/h3-8,10-13,15-16,23-24,37H,17-22H2,1-2H3,(H,38,40). The molecule has 0 atom stereocenters. The van der Waals surface area contributed by atoms with Gasteiger partial charge in [-0.3, -0.25) is 9.69 Å². The van der Waals surface area contributed by atoms with Gasteiger partial charge in [0.1, 0.15) is 23.7 Å². The Hall–Kier alpha value is -4.60. The Morgan fingerprint density at radius 3 is 2.44 bits per heavy atom. The highest BCUT2D eigenvalue weighted by atomic mass is 16.5. The van der Waals surface area contributed by atoms with Gasteiger partial charge in [-0.15, -0.1) is 0 Å². The third-order valence-corrected chi connectivity index (χ3v) is 7.93. The quantitative estimate of drug-likeness (QED) is 0.313. The van der Waals surface area contributed by atoms with Crippen molar-refractivity contribution < 1.29 is 9.53 Å². The number of aryl methyl sites for hydroxylation is 2. The summed E-state index contributed by atoms with van der Waals surface area (Å²) in [5.74, 6) is 7.29. The molecular formula is C35H34N4O2. The molecule has 1 fully saturated rings. The fourth-order valence-corrected chi connectivity index (χ4v) is 5.47. The number of nitrogens with zero attached hydrogens (tertiary/aromatic N) is 2.